The van der Waals surface area contributed by atoms with Crippen molar-refractivity contribution in [2.24, 2.45) is 0 Å². The highest BCUT2D eigenvalue weighted by molar-refractivity contribution is 9.10. The molecule has 6 heteroatoms. The molecule has 0 radical (unpaired) electrons. The smallest absolute Gasteiger partial charge is 0.410 e. The predicted molar refractivity (Wildman–Crippen MR) is 92.6 cm³/mol. The Morgan fingerprint density at radius 3 is 2.38 bits per heavy atom. The maximum absolute atomic E-state index is 13.5. The second kappa shape index (κ2) is 6.54. The third-order valence-electron chi connectivity index (χ3n) is 4.43. The van der Waals surface area contributed by atoms with Gasteiger partial charge in [-0.25, -0.2) is 9.18 Å². The van der Waals surface area contributed by atoms with Crippen LogP contribution in [0.2, 0.25) is 0 Å². The summed E-state index contributed by atoms with van der Waals surface area (Å²) in [6, 6.07) is 4.85. The van der Waals surface area contributed by atoms with Gasteiger partial charge in [0, 0.05) is 35.5 Å². The Balaban J connectivity index is 1.65. The zero-order valence-corrected chi connectivity index (χ0v) is 15.8. The number of nitrogens with zero attached hydrogens (tertiary/aromatic N) is 1. The van der Waals surface area contributed by atoms with E-state index in [4.69, 9.17) is 9.47 Å². The molecule has 2 fully saturated rings. The van der Waals surface area contributed by atoms with Crippen LogP contribution in [-0.4, -0.2) is 34.8 Å². The number of benzene rings is 1. The quantitative estimate of drug-likeness (QED) is 0.709. The van der Waals surface area contributed by atoms with Crippen molar-refractivity contribution in [3.05, 3.63) is 28.5 Å². The highest BCUT2D eigenvalue weighted by Crippen LogP contribution is 2.38. The number of rotatable bonds is 2. The molecule has 24 heavy (non-hydrogen) atoms. The zero-order valence-electron chi connectivity index (χ0n) is 14.2. The largest absolute Gasteiger partial charge is 0.490 e. The highest BCUT2D eigenvalue weighted by Gasteiger charge is 2.45. The summed E-state index contributed by atoms with van der Waals surface area (Å²) in [6.45, 7) is 5.64. The predicted octanol–water partition coefficient (Wildman–Crippen LogP) is 4.90. The minimum absolute atomic E-state index is 0.00473. The van der Waals surface area contributed by atoms with Crippen LogP contribution in [0, 0.1) is 5.82 Å². The molecule has 1 unspecified atom stereocenters. The number of carbonyl (C=O) groups is 1. The van der Waals surface area contributed by atoms with Gasteiger partial charge in [-0.3, -0.25) is 0 Å². The third kappa shape index (κ3) is 4.02. The molecule has 132 valence electrons. The summed E-state index contributed by atoms with van der Waals surface area (Å²) < 4.78 is 25.7. The Bertz CT molecular complexity index is 597. The lowest BCUT2D eigenvalue weighted by Gasteiger charge is -2.39. The Hall–Kier alpha value is -1.30. The first-order valence-electron chi connectivity index (χ1n) is 8.35. The maximum atomic E-state index is 13.5. The number of hydrogen-bond donors (Lipinski definition) is 0. The van der Waals surface area contributed by atoms with Gasteiger partial charge in [-0.1, -0.05) is 15.9 Å². The van der Waals surface area contributed by atoms with Crippen LogP contribution in [0.1, 0.15) is 46.5 Å². The van der Waals surface area contributed by atoms with E-state index in [-0.39, 0.29) is 30.1 Å². The molecule has 3 atom stereocenters. The summed E-state index contributed by atoms with van der Waals surface area (Å²) in [5.41, 5.74) is -0.488. The zero-order chi connectivity index (χ0) is 17.5. The molecule has 4 nitrogen and oxygen atoms in total. The number of fused-ring (bicyclic) bond motifs is 2. The molecule has 2 aliphatic heterocycles. The lowest BCUT2D eigenvalue weighted by Crippen LogP contribution is -2.50. The first-order valence-corrected chi connectivity index (χ1v) is 9.14. The van der Waals surface area contributed by atoms with E-state index in [0.717, 1.165) is 25.7 Å². The molecule has 1 amide bonds. The normalized spacial score (nSPS) is 26.4. The minimum Gasteiger partial charge on any atom is -0.490 e. The van der Waals surface area contributed by atoms with Crippen molar-refractivity contribution in [1.82, 2.24) is 4.90 Å². The number of ether oxygens (including phenoxy) is 2. The topological polar surface area (TPSA) is 38.8 Å². The monoisotopic (exact) mass is 399 g/mol. The van der Waals surface area contributed by atoms with Crippen LogP contribution in [-0.2, 0) is 4.74 Å². The van der Waals surface area contributed by atoms with Crippen molar-refractivity contribution in [2.75, 3.05) is 0 Å². The molecule has 1 aromatic carbocycles. The van der Waals surface area contributed by atoms with Crippen LogP contribution in [0.15, 0.2) is 22.7 Å². The standard InChI is InChI=1S/C18H23BrFNO3/c1-18(2,3)24-17(22)21-13-4-5-14(21)10-16(9-13)23-15-7-11(19)6-12(20)8-15/h6-8,13-14,16H,4-5,9-10H2,1-3H3/t13-,14+,16?. The summed E-state index contributed by atoms with van der Waals surface area (Å²) >= 11 is 3.28. The van der Waals surface area contributed by atoms with Gasteiger partial charge in [0.1, 0.15) is 23.3 Å². The molecule has 0 saturated carbocycles. The van der Waals surface area contributed by atoms with Crippen molar-refractivity contribution < 1.29 is 18.7 Å². The highest BCUT2D eigenvalue weighted by atomic mass is 79.9. The summed E-state index contributed by atoms with van der Waals surface area (Å²) in [6.07, 6.45) is 3.21. The average molecular weight is 400 g/mol. The number of hydrogen-bond acceptors (Lipinski definition) is 3. The summed E-state index contributed by atoms with van der Waals surface area (Å²) in [5.74, 6) is 0.200. The van der Waals surface area contributed by atoms with E-state index in [0.29, 0.717) is 10.2 Å². The van der Waals surface area contributed by atoms with E-state index in [1.54, 1.807) is 6.07 Å². The summed E-state index contributed by atoms with van der Waals surface area (Å²) in [4.78, 5) is 14.3. The van der Waals surface area contributed by atoms with Gasteiger partial charge in [0.2, 0.25) is 0 Å². The van der Waals surface area contributed by atoms with Gasteiger partial charge < -0.3 is 14.4 Å². The lowest BCUT2D eigenvalue weighted by atomic mass is 10.00. The first kappa shape index (κ1) is 17.5. The first-order chi connectivity index (χ1) is 11.2. The number of carbonyl (C=O) groups excluding carboxylic acids is 1. The third-order valence-corrected chi connectivity index (χ3v) is 4.89. The van der Waals surface area contributed by atoms with Gasteiger partial charge in [-0.15, -0.1) is 0 Å². The van der Waals surface area contributed by atoms with Gasteiger partial charge in [0.25, 0.3) is 0 Å². The van der Waals surface area contributed by atoms with Gasteiger partial charge in [-0.2, -0.15) is 0 Å². The van der Waals surface area contributed by atoms with Gasteiger partial charge in [0.05, 0.1) is 0 Å². The molecule has 2 bridgehead atoms. The second-order valence-corrected chi connectivity index (χ2v) is 8.50. The SMILES string of the molecule is CC(C)(C)OC(=O)N1[C@@H]2CC[C@H]1CC(Oc1cc(F)cc(Br)c1)C2. The number of amides is 1. The molecule has 2 saturated heterocycles. The summed E-state index contributed by atoms with van der Waals surface area (Å²) in [7, 11) is 0. The average Bonchev–Trinajstić information content (AvgIpc) is 2.68. The van der Waals surface area contributed by atoms with Crippen LogP contribution >= 0.6 is 15.9 Å². The number of piperidine rings is 1. The van der Waals surface area contributed by atoms with E-state index in [1.807, 2.05) is 25.7 Å². The fourth-order valence-electron chi connectivity index (χ4n) is 3.63. The van der Waals surface area contributed by atoms with E-state index >= 15 is 0 Å². The summed E-state index contributed by atoms with van der Waals surface area (Å²) in [5, 5.41) is 0. The van der Waals surface area contributed by atoms with Gasteiger partial charge >= 0.3 is 6.09 Å². The van der Waals surface area contributed by atoms with Gasteiger partial charge in [0.15, 0.2) is 0 Å². The Kier molecular flexibility index (Phi) is 4.78. The van der Waals surface area contributed by atoms with Crippen LogP contribution in [0.5, 0.6) is 5.75 Å². The van der Waals surface area contributed by atoms with Crippen LogP contribution in [0.3, 0.4) is 0 Å². The molecule has 3 rings (SSSR count). The molecule has 2 heterocycles. The second-order valence-electron chi connectivity index (χ2n) is 7.59. The van der Waals surface area contributed by atoms with Crippen molar-refractivity contribution in [3.8, 4) is 5.75 Å². The van der Waals surface area contributed by atoms with Crippen LogP contribution in [0.25, 0.3) is 0 Å². The maximum Gasteiger partial charge on any atom is 0.410 e. The van der Waals surface area contributed by atoms with Crippen molar-refractivity contribution in [1.29, 1.82) is 0 Å². The number of halogens is 2. The molecule has 0 aliphatic carbocycles. The Morgan fingerprint density at radius 2 is 1.83 bits per heavy atom. The fraction of sp³-hybridized carbons (Fsp3) is 0.611. The molecule has 0 spiro atoms. The Morgan fingerprint density at radius 1 is 1.21 bits per heavy atom. The van der Waals surface area contributed by atoms with E-state index in [2.05, 4.69) is 15.9 Å². The minimum atomic E-state index is -0.488. The molecule has 2 aliphatic rings. The molecule has 0 aromatic heterocycles. The van der Waals surface area contributed by atoms with E-state index in [1.165, 1.54) is 12.1 Å². The van der Waals surface area contributed by atoms with E-state index < -0.39 is 5.60 Å². The van der Waals surface area contributed by atoms with Crippen LogP contribution < -0.4 is 4.74 Å². The van der Waals surface area contributed by atoms with Crippen molar-refractivity contribution in [3.63, 3.8) is 0 Å². The van der Waals surface area contributed by atoms with Crippen LogP contribution in [0.4, 0.5) is 9.18 Å². The molecular formula is C18H23BrFNO3. The Labute approximate surface area is 150 Å². The molecular weight excluding hydrogens is 377 g/mol. The van der Waals surface area contributed by atoms with Crippen molar-refractivity contribution in [2.45, 2.75) is 70.2 Å². The molecule has 1 aromatic rings. The van der Waals surface area contributed by atoms with Gasteiger partial charge in [-0.05, 0) is 45.7 Å². The lowest BCUT2D eigenvalue weighted by molar-refractivity contribution is -0.00709. The van der Waals surface area contributed by atoms with Crippen molar-refractivity contribution >= 4 is 22.0 Å². The fourth-order valence-corrected chi connectivity index (χ4v) is 4.07. The van der Waals surface area contributed by atoms with E-state index in [9.17, 15) is 9.18 Å². The molecule has 0 N–H and O–H groups in total.